The van der Waals surface area contributed by atoms with Crippen LogP contribution in [0.1, 0.15) is 19.8 Å². The number of benzene rings is 1. The Labute approximate surface area is 171 Å². The fourth-order valence-corrected chi connectivity index (χ4v) is 3.63. The monoisotopic (exact) mass is 413 g/mol. The maximum absolute atomic E-state index is 12.8. The number of hydrogen-bond donors (Lipinski definition) is 0. The highest BCUT2D eigenvalue weighted by Gasteiger charge is 2.26. The third-order valence-electron chi connectivity index (χ3n) is 5.08. The van der Waals surface area contributed by atoms with Gasteiger partial charge in [-0.1, -0.05) is 0 Å². The Morgan fingerprint density at radius 1 is 1.30 bits per heavy atom. The number of likely N-dealkylation sites (tertiary alicyclic amines) is 1. The van der Waals surface area contributed by atoms with Crippen molar-refractivity contribution in [1.82, 2.24) is 14.5 Å². The largest absolute Gasteiger partial charge is 0.441 e. The number of oxazole rings is 1. The molecule has 30 heavy (non-hydrogen) atoms. The van der Waals surface area contributed by atoms with E-state index in [0.717, 1.165) is 12.8 Å². The molecule has 0 N–H and O–H groups in total. The van der Waals surface area contributed by atoms with Gasteiger partial charge < -0.3 is 14.1 Å². The van der Waals surface area contributed by atoms with Crippen molar-refractivity contribution < 1.29 is 22.7 Å². The van der Waals surface area contributed by atoms with Gasteiger partial charge in [0.05, 0.1) is 5.69 Å². The molecule has 10 heteroatoms. The lowest BCUT2D eigenvalue weighted by molar-refractivity contribution is -0.132. The highest BCUT2D eigenvalue weighted by molar-refractivity contribution is 6.12. The van der Waals surface area contributed by atoms with Gasteiger partial charge in [-0.15, -0.1) is 0 Å². The van der Waals surface area contributed by atoms with E-state index in [0.29, 0.717) is 17.8 Å². The Hall–Kier alpha value is -3.17. The minimum atomic E-state index is -3.77. The molecule has 0 aliphatic carbocycles. The highest BCUT2D eigenvalue weighted by atomic mass is 19.3. The Morgan fingerprint density at radius 2 is 2.03 bits per heavy atom. The second kappa shape index (κ2) is 7.58. The maximum Gasteiger partial charge on any atom is 0.421 e. The minimum Gasteiger partial charge on any atom is -0.441 e. The molecule has 4 rings (SSSR count). The van der Waals surface area contributed by atoms with Crippen LogP contribution in [-0.4, -0.2) is 46.8 Å². The summed E-state index contributed by atoms with van der Waals surface area (Å²) in [6, 6.07) is 5.32. The molecule has 2 aromatic heterocycles. The van der Waals surface area contributed by atoms with Crippen LogP contribution in [0.3, 0.4) is 0 Å². The number of amides is 1. The van der Waals surface area contributed by atoms with Gasteiger partial charge in [-0.25, -0.2) is 14.3 Å². The standard InChI is InChI=1S/C20H18BF2N3O4/c1-12-3-2-10-25(12)17(27)11-26-18-16(29-19(26)28)9-8-15(24-18)13-4-6-14(7-5-13)30-20(21,22)23/h4-9,12H,2-3,10-11H2,1H3. The number of ether oxygens (including phenoxy) is 1. The first-order valence-corrected chi connectivity index (χ1v) is 9.47. The van der Waals surface area contributed by atoms with Gasteiger partial charge in [0.2, 0.25) is 13.8 Å². The van der Waals surface area contributed by atoms with Crippen LogP contribution in [0, 0.1) is 0 Å². The Morgan fingerprint density at radius 3 is 2.67 bits per heavy atom. The lowest BCUT2D eigenvalue weighted by atomic mass is 10.1. The van der Waals surface area contributed by atoms with E-state index in [1.807, 2.05) is 6.92 Å². The fraction of sp³-hybridized carbons (Fsp3) is 0.350. The maximum atomic E-state index is 12.8. The number of carbonyl (C=O) groups is 1. The van der Waals surface area contributed by atoms with Crippen LogP contribution < -0.4 is 10.5 Å². The second-order valence-electron chi connectivity index (χ2n) is 7.24. The quantitative estimate of drug-likeness (QED) is 0.602. The van der Waals surface area contributed by atoms with Crippen LogP contribution in [0.5, 0.6) is 5.75 Å². The van der Waals surface area contributed by atoms with Gasteiger partial charge in [-0.2, -0.15) is 8.78 Å². The first-order chi connectivity index (χ1) is 14.2. The summed E-state index contributed by atoms with van der Waals surface area (Å²) in [7, 11) is 4.55. The topological polar surface area (TPSA) is 77.6 Å². The fourth-order valence-electron chi connectivity index (χ4n) is 3.63. The van der Waals surface area contributed by atoms with E-state index in [1.165, 1.54) is 28.8 Å². The van der Waals surface area contributed by atoms with E-state index >= 15 is 0 Å². The SMILES string of the molecule is [B]C(F)(F)Oc1ccc(-c2ccc3oc(=O)n(CC(=O)N4CCCC4C)c3n2)cc1. The number of hydrogen-bond acceptors (Lipinski definition) is 5. The Bertz CT molecular complexity index is 1140. The zero-order valence-corrected chi connectivity index (χ0v) is 16.2. The number of rotatable bonds is 5. The zero-order chi connectivity index (χ0) is 21.5. The van der Waals surface area contributed by atoms with Gasteiger partial charge in [0, 0.05) is 18.2 Å². The van der Waals surface area contributed by atoms with Crippen molar-refractivity contribution in [3.8, 4) is 17.0 Å². The minimum absolute atomic E-state index is 0.0992. The number of fused-ring (bicyclic) bond motifs is 1. The van der Waals surface area contributed by atoms with E-state index < -0.39 is 11.8 Å². The van der Waals surface area contributed by atoms with Crippen LogP contribution in [0.2, 0.25) is 0 Å². The van der Waals surface area contributed by atoms with Gasteiger partial charge in [0.25, 0.3) is 0 Å². The van der Waals surface area contributed by atoms with Crippen LogP contribution in [0.4, 0.5) is 8.78 Å². The lowest BCUT2D eigenvalue weighted by Gasteiger charge is -2.21. The molecule has 3 heterocycles. The molecule has 1 atom stereocenters. The van der Waals surface area contributed by atoms with Gasteiger partial charge in [0.15, 0.2) is 11.2 Å². The summed E-state index contributed by atoms with van der Waals surface area (Å²) < 4.78 is 36.3. The van der Waals surface area contributed by atoms with E-state index in [9.17, 15) is 18.4 Å². The summed E-state index contributed by atoms with van der Waals surface area (Å²) in [5.74, 6) is -0.928. The molecular formula is C20H18BF2N3O4. The molecule has 0 bridgehead atoms. The second-order valence-corrected chi connectivity index (χ2v) is 7.24. The number of alkyl halides is 2. The summed E-state index contributed by atoms with van der Waals surface area (Å²) >= 11 is 0. The lowest BCUT2D eigenvalue weighted by Crippen LogP contribution is -2.37. The smallest absolute Gasteiger partial charge is 0.421 e. The normalized spacial score (nSPS) is 16.9. The molecule has 1 amide bonds. The molecule has 1 aliphatic heterocycles. The molecule has 1 fully saturated rings. The average molecular weight is 413 g/mol. The zero-order valence-electron chi connectivity index (χ0n) is 16.2. The van der Waals surface area contributed by atoms with Crippen molar-refractivity contribution in [2.45, 2.75) is 38.4 Å². The van der Waals surface area contributed by atoms with Crippen molar-refractivity contribution >= 4 is 25.0 Å². The van der Waals surface area contributed by atoms with Crippen LogP contribution in [0.15, 0.2) is 45.6 Å². The number of carbonyl (C=O) groups excluding carboxylic acids is 1. The number of halogens is 2. The van der Waals surface area contributed by atoms with Crippen molar-refractivity contribution in [3.05, 3.63) is 46.9 Å². The molecule has 1 aromatic carbocycles. The molecule has 1 saturated heterocycles. The number of pyridine rings is 1. The third kappa shape index (κ3) is 4.08. The van der Waals surface area contributed by atoms with Gasteiger partial charge >= 0.3 is 11.8 Å². The molecule has 0 saturated carbocycles. The Balaban J connectivity index is 1.63. The average Bonchev–Trinajstić information content (AvgIpc) is 3.24. The highest BCUT2D eigenvalue weighted by Crippen LogP contribution is 2.25. The van der Waals surface area contributed by atoms with E-state index in [4.69, 9.17) is 4.42 Å². The van der Waals surface area contributed by atoms with Crippen molar-refractivity contribution in [2.75, 3.05) is 6.54 Å². The van der Waals surface area contributed by atoms with Crippen molar-refractivity contribution in [2.24, 2.45) is 0 Å². The first-order valence-electron chi connectivity index (χ1n) is 9.47. The van der Waals surface area contributed by atoms with Crippen molar-refractivity contribution in [1.29, 1.82) is 0 Å². The van der Waals surface area contributed by atoms with Crippen LogP contribution in [-0.2, 0) is 11.3 Å². The number of nitrogens with zero attached hydrogens (tertiary/aromatic N) is 3. The van der Waals surface area contributed by atoms with Crippen molar-refractivity contribution in [3.63, 3.8) is 0 Å². The summed E-state index contributed by atoms with van der Waals surface area (Å²) in [5, 5.41) is 0. The molecule has 2 radical (unpaired) electrons. The molecule has 154 valence electrons. The predicted octanol–water partition coefficient (Wildman–Crippen LogP) is 2.77. The molecule has 7 nitrogen and oxygen atoms in total. The molecular weight excluding hydrogens is 395 g/mol. The summed E-state index contributed by atoms with van der Waals surface area (Å²) in [6.45, 7) is 2.48. The molecule has 3 aromatic rings. The summed E-state index contributed by atoms with van der Waals surface area (Å²) in [4.78, 5) is 31.1. The molecule has 1 unspecified atom stereocenters. The predicted molar refractivity (Wildman–Crippen MR) is 105 cm³/mol. The molecule has 1 aliphatic rings. The van der Waals surface area contributed by atoms with Gasteiger partial charge in [-0.3, -0.25) is 4.79 Å². The molecule has 0 spiro atoms. The first kappa shape index (κ1) is 20.1. The number of aromatic nitrogens is 2. The van der Waals surface area contributed by atoms with Crippen LogP contribution >= 0.6 is 0 Å². The Kier molecular flexibility index (Phi) is 5.09. The van der Waals surface area contributed by atoms with Crippen LogP contribution in [0.25, 0.3) is 22.5 Å². The van der Waals surface area contributed by atoms with E-state index in [1.54, 1.807) is 17.0 Å². The van der Waals surface area contributed by atoms with E-state index in [-0.39, 0.29) is 35.5 Å². The van der Waals surface area contributed by atoms with E-state index in [2.05, 4.69) is 17.6 Å². The third-order valence-corrected chi connectivity index (χ3v) is 5.08. The van der Waals surface area contributed by atoms with Gasteiger partial charge in [-0.05, 0) is 56.2 Å². The van der Waals surface area contributed by atoms with Gasteiger partial charge in [0.1, 0.15) is 12.3 Å². The summed E-state index contributed by atoms with van der Waals surface area (Å²) in [5.41, 5.74) is 1.58. The summed E-state index contributed by atoms with van der Waals surface area (Å²) in [6.07, 6.45) is 1.87.